The van der Waals surface area contributed by atoms with Crippen molar-refractivity contribution in [1.29, 1.82) is 0 Å². The number of non-ortho nitro benzene ring substituents is 1. The SMILES string of the molecule is O=C(CSc1nc2c(c(C(F)(F)F)n1)CCCC2)c1cccc([N+](=O)[O-])c1. The highest BCUT2D eigenvalue weighted by Crippen LogP contribution is 2.35. The monoisotopic (exact) mass is 397 g/mol. The maximum absolute atomic E-state index is 13.3. The first-order chi connectivity index (χ1) is 12.8. The van der Waals surface area contributed by atoms with Gasteiger partial charge in [-0.25, -0.2) is 9.97 Å². The summed E-state index contributed by atoms with van der Waals surface area (Å²) in [7, 11) is 0. The molecule has 1 aliphatic rings. The Morgan fingerprint density at radius 2 is 1.96 bits per heavy atom. The van der Waals surface area contributed by atoms with Gasteiger partial charge in [-0.1, -0.05) is 23.9 Å². The molecule has 10 heteroatoms. The first-order valence-corrected chi connectivity index (χ1v) is 9.11. The van der Waals surface area contributed by atoms with Gasteiger partial charge in [0.05, 0.1) is 10.7 Å². The predicted molar refractivity (Wildman–Crippen MR) is 91.8 cm³/mol. The van der Waals surface area contributed by atoms with Crippen LogP contribution in [0.5, 0.6) is 0 Å². The van der Waals surface area contributed by atoms with Crippen LogP contribution in [-0.2, 0) is 19.0 Å². The minimum absolute atomic E-state index is 0.109. The van der Waals surface area contributed by atoms with Crippen LogP contribution in [0.4, 0.5) is 18.9 Å². The molecule has 0 amide bonds. The van der Waals surface area contributed by atoms with Crippen molar-refractivity contribution in [2.75, 3.05) is 5.75 Å². The first-order valence-electron chi connectivity index (χ1n) is 8.13. The molecule has 0 spiro atoms. The lowest BCUT2D eigenvalue weighted by Crippen LogP contribution is -2.19. The van der Waals surface area contributed by atoms with Crippen LogP contribution >= 0.6 is 11.8 Å². The lowest BCUT2D eigenvalue weighted by molar-refractivity contribution is -0.384. The van der Waals surface area contributed by atoms with E-state index in [0.717, 1.165) is 24.2 Å². The number of rotatable bonds is 5. The first kappa shape index (κ1) is 19.3. The summed E-state index contributed by atoms with van der Waals surface area (Å²) in [5, 5.41) is 10.7. The molecule has 0 bridgehead atoms. The summed E-state index contributed by atoms with van der Waals surface area (Å²) in [6.07, 6.45) is -2.41. The molecule has 1 aromatic carbocycles. The second kappa shape index (κ2) is 7.63. The molecule has 0 atom stereocenters. The van der Waals surface area contributed by atoms with Gasteiger partial charge >= 0.3 is 6.18 Å². The molecule has 0 aliphatic heterocycles. The third kappa shape index (κ3) is 4.44. The van der Waals surface area contributed by atoms with Gasteiger partial charge in [-0.05, 0) is 25.7 Å². The van der Waals surface area contributed by atoms with E-state index in [1.807, 2.05) is 0 Å². The van der Waals surface area contributed by atoms with Crippen LogP contribution in [0.25, 0.3) is 0 Å². The van der Waals surface area contributed by atoms with Crippen molar-refractivity contribution in [3.8, 4) is 0 Å². The molecule has 0 N–H and O–H groups in total. The van der Waals surface area contributed by atoms with Gasteiger partial charge in [0.25, 0.3) is 5.69 Å². The third-order valence-corrected chi connectivity index (χ3v) is 4.99. The number of halogens is 3. The molecule has 1 aromatic heterocycles. The van der Waals surface area contributed by atoms with E-state index in [1.54, 1.807) is 0 Å². The number of benzene rings is 1. The molecule has 0 fully saturated rings. The Morgan fingerprint density at radius 1 is 1.22 bits per heavy atom. The highest BCUT2D eigenvalue weighted by atomic mass is 32.2. The fourth-order valence-electron chi connectivity index (χ4n) is 2.88. The molecule has 0 radical (unpaired) electrons. The fourth-order valence-corrected chi connectivity index (χ4v) is 3.63. The number of carbonyl (C=O) groups excluding carboxylic acids is 1. The number of nitro groups is 1. The van der Waals surface area contributed by atoms with Crippen molar-refractivity contribution in [2.45, 2.75) is 37.0 Å². The predicted octanol–water partition coefficient (Wildman–Crippen LogP) is 4.26. The summed E-state index contributed by atoms with van der Waals surface area (Å²) in [6, 6.07) is 5.20. The zero-order valence-corrected chi connectivity index (χ0v) is 14.8. The highest BCUT2D eigenvalue weighted by molar-refractivity contribution is 7.99. The molecular formula is C17H14F3N3O3S. The van der Waals surface area contributed by atoms with Crippen LogP contribution < -0.4 is 0 Å². The Balaban J connectivity index is 1.81. The average Bonchev–Trinajstić information content (AvgIpc) is 2.64. The van der Waals surface area contributed by atoms with Crippen molar-refractivity contribution < 1.29 is 22.9 Å². The van der Waals surface area contributed by atoms with E-state index in [9.17, 15) is 28.1 Å². The van der Waals surface area contributed by atoms with Crippen molar-refractivity contribution in [3.05, 3.63) is 56.9 Å². The summed E-state index contributed by atoms with van der Waals surface area (Å²) >= 11 is 0.799. The second-order valence-corrected chi connectivity index (χ2v) is 6.95. The maximum Gasteiger partial charge on any atom is 0.433 e. The maximum atomic E-state index is 13.3. The van der Waals surface area contributed by atoms with Crippen LogP contribution in [0.2, 0.25) is 0 Å². The second-order valence-electron chi connectivity index (χ2n) is 6.00. The summed E-state index contributed by atoms with van der Waals surface area (Å²) in [4.78, 5) is 30.2. The molecule has 2 aromatic rings. The number of fused-ring (bicyclic) bond motifs is 1. The zero-order chi connectivity index (χ0) is 19.6. The third-order valence-electron chi connectivity index (χ3n) is 4.14. The van der Waals surface area contributed by atoms with Gasteiger partial charge in [0.15, 0.2) is 16.6 Å². The molecule has 0 saturated carbocycles. The molecule has 27 heavy (non-hydrogen) atoms. The summed E-state index contributed by atoms with van der Waals surface area (Å²) in [5.41, 5.74) is -0.518. The Labute approximate surface area is 156 Å². The van der Waals surface area contributed by atoms with Gasteiger partial charge in [0, 0.05) is 29.0 Å². The number of nitro benzene ring substituents is 1. The summed E-state index contributed by atoms with van der Waals surface area (Å²) in [5.74, 6) is -0.657. The van der Waals surface area contributed by atoms with Gasteiger partial charge in [-0.3, -0.25) is 14.9 Å². The fraction of sp³-hybridized carbons (Fsp3) is 0.353. The average molecular weight is 397 g/mol. The van der Waals surface area contributed by atoms with Crippen molar-refractivity contribution >= 4 is 23.2 Å². The summed E-state index contributed by atoms with van der Waals surface area (Å²) in [6.45, 7) is 0. The smallest absolute Gasteiger partial charge is 0.293 e. The van der Waals surface area contributed by atoms with Gasteiger partial charge in [-0.2, -0.15) is 13.2 Å². The lowest BCUT2D eigenvalue weighted by Gasteiger charge is -2.20. The normalized spacial score (nSPS) is 13.9. The van der Waals surface area contributed by atoms with E-state index >= 15 is 0 Å². The van der Waals surface area contributed by atoms with Crippen LogP contribution in [0.3, 0.4) is 0 Å². The Bertz CT molecular complexity index is 903. The largest absolute Gasteiger partial charge is 0.433 e. The molecule has 0 unspecified atom stereocenters. The zero-order valence-electron chi connectivity index (χ0n) is 14.0. The lowest BCUT2D eigenvalue weighted by atomic mass is 9.94. The minimum Gasteiger partial charge on any atom is -0.293 e. The Morgan fingerprint density at radius 3 is 2.67 bits per heavy atom. The number of ketones is 1. The number of alkyl halides is 3. The number of aromatic nitrogens is 2. The van der Waals surface area contributed by atoms with Gasteiger partial charge in [0.2, 0.25) is 0 Å². The van der Waals surface area contributed by atoms with Crippen molar-refractivity contribution in [1.82, 2.24) is 9.97 Å². The van der Waals surface area contributed by atoms with Gasteiger partial charge < -0.3 is 0 Å². The van der Waals surface area contributed by atoms with Crippen molar-refractivity contribution in [3.63, 3.8) is 0 Å². The van der Waals surface area contributed by atoms with Crippen LogP contribution in [-0.4, -0.2) is 26.4 Å². The van der Waals surface area contributed by atoms with E-state index < -0.39 is 22.6 Å². The summed E-state index contributed by atoms with van der Waals surface area (Å²) < 4.78 is 39.9. The molecular weight excluding hydrogens is 383 g/mol. The van der Waals surface area contributed by atoms with E-state index in [0.29, 0.717) is 25.0 Å². The number of aryl methyl sites for hydroxylation is 1. The van der Waals surface area contributed by atoms with Crippen LogP contribution in [0.1, 0.15) is 40.2 Å². The van der Waals surface area contributed by atoms with E-state index in [1.165, 1.54) is 18.2 Å². The van der Waals surface area contributed by atoms with E-state index in [-0.39, 0.29) is 27.7 Å². The number of Topliss-reactive ketones (excluding diaryl/α,β-unsaturated/α-hetero) is 1. The standard InChI is InChI=1S/C17H14F3N3O3S/c18-17(19,20)15-12-6-1-2-7-13(12)21-16(22-15)27-9-14(24)10-4-3-5-11(8-10)23(25)26/h3-5,8H,1-2,6-7,9H2. The van der Waals surface area contributed by atoms with Crippen molar-refractivity contribution in [2.24, 2.45) is 0 Å². The molecule has 1 aliphatic carbocycles. The minimum atomic E-state index is -4.58. The van der Waals surface area contributed by atoms with E-state index in [2.05, 4.69) is 9.97 Å². The quantitative estimate of drug-likeness (QED) is 0.246. The molecule has 1 heterocycles. The number of thioether (sulfide) groups is 1. The molecule has 6 nitrogen and oxygen atoms in total. The van der Waals surface area contributed by atoms with Crippen LogP contribution in [0, 0.1) is 10.1 Å². The molecule has 0 saturated heterocycles. The van der Waals surface area contributed by atoms with Gasteiger partial charge in [0.1, 0.15) is 0 Å². The van der Waals surface area contributed by atoms with E-state index in [4.69, 9.17) is 0 Å². The molecule has 3 rings (SSSR count). The number of carbonyl (C=O) groups is 1. The number of nitrogens with zero attached hydrogens (tertiary/aromatic N) is 3. The number of hydrogen-bond acceptors (Lipinski definition) is 6. The molecule has 142 valence electrons. The van der Waals surface area contributed by atoms with Crippen LogP contribution in [0.15, 0.2) is 29.4 Å². The van der Waals surface area contributed by atoms with Gasteiger partial charge in [-0.15, -0.1) is 0 Å². The topological polar surface area (TPSA) is 86.0 Å². The Kier molecular flexibility index (Phi) is 5.45. The Hall–Kier alpha value is -2.49. The highest BCUT2D eigenvalue weighted by Gasteiger charge is 2.38. The number of hydrogen-bond donors (Lipinski definition) is 0.